The number of aromatic amines is 1. The zero-order valence-electron chi connectivity index (χ0n) is 8.58. The number of aliphatic hydroxyl groups excluding tert-OH is 1. The van der Waals surface area contributed by atoms with Crippen LogP contribution in [0.15, 0.2) is 21.5 Å². The summed E-state index contributed by atoms with van der Waals surface area (Å²) in [6, 6.07) is 0.949. The quantitative estimate of drug-likeness (QED) is 0.658. The standard InChI is InChI=1S/C9H12BrN3O3/c1-5(14)3-12-9(16)13-7-2-6(10)4-11-8(7)15/h2,4-5,14H,3H2,1H3,(H,11,15)(H2,12,13,16)/t5-/m0/s1. The Morgan fingerprint density at radius 1 is 1.69 bits per heavy atom. The first-order valence-corrected chi connectivity index (χ1v) is 5.39. The highest BCUT2D eigenvalue weighted by atomic mass is 79.9. The Balaban J connectivity index is 2.62. The number of halogens is 1. The molecule has 2 amide bonds. The number of hydrogen-bond donors (Lipinski definition) is 4. The third-order valence-electron chi connectivity index (χ3n) is 1.67. The Hall–Kier alpha value is -1.34. The summed E-state index contributed by atoms with van der Waals surface area (Å²) >= 11 is 3.17. The van der Waals surface area contributed by atoms with Gasteiger partial charge in [-0.25, -0.2) is 4.79 Å². The number of anilines is 1. The van der Waals surface area contributed by atoms with Gasteiger partial charge in [-0.2, -0.15) is 0 Å². The van der Waals surface area contributed by atoms with E-state index in [1.807, 2.05) is 0 Å². The van der Waals surface area contributed by atoms with Crippen LogP contribution in [-0.2, 0) is 0 Å². The van der Waals surface area contributed by atoms with E-state index >= 15 is 0 Å². The maximum atomic E-state index is 11.3. The largest absolute Gasteiger partial charge is 0.392 e. The zero-order chi connectivity index (χ0) is 12.1. The molecule has 88 valence electrons. The van der Waals surface area contributed by atoms with Gasteiger partial charge < -0.3 is 20.7 Å². The molecule has 1 aromatic rings. The van der Waals surface area contributed by atoms with Gasteiger partial charge in [-0.3, -0.25) is 4.79 Å². The lowest BCUT2D eigenvalue weighted by molar-refractivity contribution is 0.190. The lowest BCUT2D eigenvalue weighted by Gasteiger charge is -2.08. The first kappa shape index (κ1) is 12.7. The molecule has 0 aliphatic heterocycles. The van der Waals surface area contributed by atoms with Crippen LogP contribution in [0.3, 0.4) is 0 Å². The van der Waals surface area contributed by atoms with Gasteiger partial charge in [0.15, 0.2) is 0 Å². The number of pyridine rings is 1. The minimum absolute atomic E-state index is 0.123. The Morgan fingerprint density at radius 2 is 2.38 bits per heavy atom. The van der Waals surface area contributed by atoms with Crippen molar-refractivity contribution in [2.24, 2.45) is 0 Å². The van der Waals surface area contributed by atoms with Gasteiger partial charge in [0, 0.05) is 17.2 Å². The fourth-order valence-corrected chi connectivity index (χ4v) is 1.30. The van der Waals surface area contributed by atoms with Crippen LogP contribution >= 0.6 is 15.9 Å². The van der Waals surface area contributed by atoms with Gasteiger partial charge in [0.25, 0.3) is 5.56 Å². The van der Waals surface area contributed by atoms with Crippen LogP contribution in [0, 0.1) is 0 Å². The molecular formula is C9H12BrN3O3. The number of amides is 2. The highest BCUT2D eigenvalue weighted by Gasteiger charge is 2.06. The first-order chi connectivity index (χ1) is 7.49. The number of carbonyl (C=O) groups is 1. The molecule has 0 spiro atoms. The summed E-state index contributed by atoms with van der Waals surface area (Å²) in [5.41, 5.74) is -0.257. The van der Waals surface area contributed by atoms with Gasteiger partial charge in [0.05, 0.1) is 6.10 Å². The molecule has 0 unspecified atom stereocenters. The van der Waals surface area contributed by atoms with Crippen molar-refractivity contribution in [1.82, 2.24) is 10.3 Å². The molecule has 1 rings (SSSR count). The second kappa shape index (κ2) is 5.66. The van der Waals surface area contributed by atoms with E-state index in [4.69, 9.17) is 5.11 Å². The molecule has 1 heterocycles. The third-order valence-corrected chi connectivity index (χ3v) is 2.13. The Kier molecular flexibility index (Phi) is 4.51. The van der Waals surface area contributed by atoms with Crippen molar-refractivity contribution in [2.45, 2.75) is 13.0 Å². The number of aromatic nitrogens is 1. The molecular weight excluding hydrogens is 278 g/mol. The predicted molar refractivity (Wildman–Crippen MR) is 63.5 cm³/mol. The normalized spacial score (nSPS) is 11.9. The van der Waals surface area contributed by atoms with Crippen LogP contribution in [0.25, 0.3) is 0 Å². The van der Waals surface area contributed by atoms with Gasteiger partial charge >= 0.3 is 6.03 Å². The number of hydrogen-bond acceptors (Lipinski definition) is 3. The zero-order valence-corrected chi connectivity index (χ0v) is 10.2. The molecule has 0 bridgehead atoms. The molecule has 0 radical (unpaired) electrons. The molecule has 0 aliphatic carbocycles. The monoisotopic (exact) mass is 289 g/mol. The summed E-state index contributed by atoms with van der Waals surface area (Å²) in [4.78, 5) is 25.0. The highest BCUT2D eigenvalue weighted by Crippen LogP contribution is 2.09. The van der Waals surface area contributed by atoms with E-state index in [1.165, 1.54) is 12.3 Å². The summed E-state index contributed by atoms with van der Waals surface area (Å²) in [5.74, 6) is 0. The van der Waals surface area contributed by atoms with Crippen molar-refractivity contribution < 1.29 is 9.90 Å². The van der Waals surface area contributed by atoms with E-state index in [0.29, 0.717) is 4.47 Å². The molecule has 4 N–H and O–H groups in total. The van der Waals surface area contributed by atoms with Crippen LogP contribution in [0.5, 0.6) is 0 Å². The van der Waals surface area contributed by atoms with Crippen molar-refractivity contribution in [3.05, 3.63) is 27.1 Å². The van der Waals surface area contributed by atoms with Crippen LogP contribution in [0.1, 0.15) is 6.92 Å². The fraction of sp³-hybridized carbons (Fsp3) is 0.333. The van der Waals surface area contributed by atoms with Crippen molar-refractivity contribution in [3.63, 3.8) is 0 Å². The maximum absolute atomic E-state index is 11.3. The second-order valence-corrected chi connectivity index (χ2v) is 4.16. The van der Waals surface area contributed by atoms with Crippen LogP contribution in [-0.4, -0.2) is 28.8 Å². The molecule has 0 aromatic carbocycles. The van der Waals surface area contributed by atoms with Gasteiger partial charge in [-0.1, -0.05) is 0 Å². The van der Waals surface area contributed by atoms with Crippen molar-refractivity contribution in [1.29, 1.82) is 0 Å². The van der Waals surface area contributed by atoms with Gasteiger partial charge in [0.1, 0.15) is 5.69 Å². The lowest BCUT2D eigenvalue weighted by Crippen LogP contribution is -2.35. The second-order valence-electron chi connectivity index (χ2n) is 3.24. The Labute approximate surface area is 100 Å². The molecule has 0 saturated heterocycles. The summed E-state index contributed by atoms with van der Waals surface area (Å²) in [5, 5.41) is 13.7. The number of carbonyl (C=O) groups excluding carboxylic acids is 1. The van der Waals surface area contributed by atoms with Crippen molar-refractivity contribution in [3.8, 4) is 0 Å². The smallest absolute Gasteiger partial charge is 0.319 e. The SMILES string of the molecule is C[C@H](O)CNC(=O)Nc1cc(Br)c[nH]c1=O. The number of urea groups is 1. The summed E-state index contributed by atoms with van der Waals surface area (Å²) in [6.45, 7) is 1.67. The maximum Gasteiger partial charge on any atom is 0.319 e. The van der Waals surface area contributed by atoms with E-state index in [1.54, 1.807) is 6.92 Å². The lowest BCUT2D eigenvalue weighted by atomic mass is 10.4. The topological polar surface area (TPSA) is 94.2 Å². The van der Waals surface area contributed by atoms with Crippen LogP contribution < -0.4 is 16.2 Å². The Bertz CT molecular complexity index is 430. The molecule has 1 aromatic heterocycles. The molecule has 0 saturated carbocycles. The molecule has 16 heavy (non-hydrogen) atoms. The van der Waals surface area contributed by atoms with E-state index < -0.39 is 17.7 Å². The minimum atomic E-state index is -0.633. The van der Waals surface area contributed by atoms with Crippen molar-refractivity contribution >= 4 is 27.6 Å². The molecule has 0 aliphatic rings. The minimum Gasteiger partial charge on any atom is -0.392 e. The van der Waals surface area contributed by atoms with Crippen molar-refractivity contribution in [2.75, 3.05) is 11.9 Å². The van der Waals surface area contributed by atoms with E-state index in [0.717, 1.165) is 0 Å². The molecule has 6 nitrogen and oxygen atoms in total. The van der Waals surface area contributed by atoms with E-state index in [-0.39, 0.29) is 12.2 Å². The first-order valence-electron chi connectivity index (χ1n) is 4.60. The average Bonchev–Trinajstić information content (AvgIpc) is 2.20. The molecule has 1 atom stereocenters. The average molecular weight is 290 g/mol. The van der Waals surface area contributed by atoms with E-state index in [2.05, 4.69) is 31.5 Å². The van der Waals surface area contributed by atoms with Gasteiger partial charge in [-0.05, 0) is 28.9 Å². The van der Waals surface area contributed by atoms with Crippen LogP contribution in [0.4, 0.5) is 10.5 Å². The molecule has 0 fully saturated rings. The Morgan fingerprint density at radius 3 is 3.00 bits per heavy atom. The third kappa shape index (κ3) is 4.03. The summed E-state index contributed by atoms with van der Waals surface area (Å²) < 4.78 is 0.651. The summed E-state index contributed by atoms with van der Waals surface area (Å²) in [7, 11) is 0. The van der Waals surface area contributed by atoms with Gasteiger partial charge in [0.2, 0.25) is 0 Å². The fourth-order valence-electron chi connectivity index (χ4n) is 0.957. The predicted octanol–water partition coefficient (Wildman–Crippen LogP) is 0.640. The van der Waals surface area contributed by atoms with Crippen LogP contribution in [0.2, 0.25) is 0 Å². The van der Waals surface area contributed by atoms with E-state index in [9.17, 15) is 9.59 Å². The highest BCUT2D eigenvalue weighted by molar-refractivity contribution is 9.10. The number of nitrogens with one attached hydrogen (secondary N) is 3. The summed E-state index contributed by atoms with van der Waals surface area (Å²) in [6.07, 6.45) is 0.841. The van der Waals surface area contributed by atoms with Gasteiger partial charge in [-0.15, -0.1) is 0 Å². The molecule has 7 heteroatoms. The number of rotatable bonds is 3. The number of aliphatic hydroxyl groups is 1. The number of H-pyrrole nitrogens is 1.